The van der Waals surface area contributed by atoms with Crippen molar-refractivity contribution in [3.05, 3.63) is 58.5 Å². The van der Waals surface area contributed by atoms with E-state index in [0.29, 0.717) is 22.6 Å². The highest BCUT2D eigenvalue weighted by molar-refractivity contribution is 5.95. The molecule has 0 aliphatic rings. The van der Waals surface area contributed by atoms with Gasteiger partial charge in [0, 0.05) is 5.56 Å². The fraction of sp³-hybridized carbons (Fsp3) is 0.250. The van der Waals surface area contributed by atoms with E-state index in [1.54, 1.807) is 19.1 Å². The average Bonchev–Trinajstić information content (AvgIpc) is 2.85. The zero-order chi connectivity index (χ0) is 15.4. The summed E-state index contributed by atoms with van der Waals surface area (Å²) < 4.78 is 10.1. The third-order valence-electron chi connectivity index (χ3n) is 3.19. The Morgan fingerprint density at radius 1 is 1.19 bits per heavy atom. The van der Waals surface area contributed by atoms with Crippen molar-refractivity contribution in [2.24, 2.45) is 0 Å². The average molecular weight is 287 g/mol. The molecule has 1 amide bonds. The molecule has 0 bridgehead atoms. The molecule has 2 aromatic rings. The summed E-state index contributed by atoms with van der Waals surface area (Å²) in [5, 5.41) is 2.77. The molecule has 0 aliphatic heterocycles. The summed E-state index contributed by atoms with van der Waals surface area (Å²) in [5.74, 6) is 0.353. The van der Waals surface area contributed by atoms with E-state index in [1.807, 2.05) is 25.1 Å². The monoisotopic (exact) mass is 287 g/mol. The second kappa shape index (κ2) is 6.26. The lowest BCUT2D eigenvalue weighted by Gasteiger charge is -2.05. The maximum Gasteiger partial charge on any atom is 0.341 e. The number of carbonyl (C=O) groups excluding carboxylic acids is 2. The van der Waals surface area contributed by atoms with Gasteiger partial charge >= 0.3 is 5.97 Å². The number of hydrogen-bond acceptors (Lipinski definition) is 4. The number of amides is 1. The first-order chi connectivity index (χ1) is 10.0. The van der Waals surface area contributed by atoms with Gasteiger partial charge in [-0.25, -0.2) is 4.79 Å². The molecular formula is C16H17NO4. The molecule has 0 saturated heterocycles. The van der Waals surface area contributed by atoms with Crippen molar-refractivity contribution in [2.45, 2.75) is 20.4 Å². The molecule has 0 saturated carbocycles. The number of hydrogen-bond donors (Lipinski definition) is 1. The zero-order valence-corrected chi connectivity index (χ0v) is 12.2. The minimum Gasteiger partial charge on any atom is -0.465 e. The number of methoxy groups -OCH3 is 1. The summed E-state index contributed by atoms with van der Waals surface area (Å²) in [5.41, 5.74) is 1.90. The molecule has 1 heterocycles. The first kappa shape index (κ1) is 14.8. The van der Waals surface area contributed by atoms with Crippen LogP contribution in [0.1, 0.15) is 37.8 Å². The van der Waals surface area contributed by atoms with Crippen molar-refractivity contribution in [2.75, 3.05) is 7.11 Å². The molecule has 5 nitrogen and oxygen atoms in total. The van der Waals surface area contributed by atoms with Gasteiger partial charge in [0.25, 0.3) is 5.91 Å². The molecule has 21 heavy (non-hydrogen) atoms. The first-order valence-electron chi connectivity index (χ1n) is 6.54. The lowest BCUT2D eigenvalue weighted by Crippen LogP contribution is -2.23. The van der Waals surface area contributed by atoms with Gasteiger partial charge in [-0.15, -0.1) is 0 Å². The predicted molar refractivity (Wildman–Crippen MR) is 77.1 cm³/mol. The van der Waals surface area contributed by atoms with Crippen LogP contribution in [0.4, 0.5) is 0 Å². The van der Waals surface area contributed by atoms with Crippen LogP contribution in [0.25, 0.3) is 0 Å². The molecule has 1 N–H and O–H groups in total. The third kappa shape index (κ3) is 3.31. The molecule has 2 rings (SSSR count). The van der Waals surface area contributed by atoms with Crippen LogP contribution in [0.5, 0.6) is 0 Å². The predicted octanol–water partition coefficient (Wildman–Crippen LogP) is 2.61. The Kier molecular flexibility index (Phi) is 4.42. The molecule has 0 atom stereocenters. The number of ether oxygens (including phenoxy) is 1. The molecule has 110 valence electrons. The van der Waals surface area contributed by atoms with Crippen LogP contribution in [0.3, 0.4) is 0 Å². The normalized spacial score (nSPS) is 10.2. The highest BCUT2D eigenvalue weighted by Crippen LogP contribution is 2.16. The zero-order valence-electron chi connectivity index (χ0n) is 12.2. The molecule has 1 aromatic carbocycles. The van der Waals surface area contributed by atoms with Crippen molar-refractivity contribution >= 4 is 11.9 Å². The van der Waals surface area contributed by atoms with Crippen LogP contribution in [0, 0.1) is 13.8 Å². The molecular weight excluding hydrogens is 270 g/mol. The van der Waals surface area contributed by atoms with Gasteiger partial charge in [0.05, 0.1) is 13.7 Å². The van der Waals surface area contributed by atoms with Gasteiger partial charge in [-0.3, -0.25) is 4.79 Å². The highest BCUT2D eigenvalue weighted by Gasteiger charge is 2.16. The first-order valence-corrected chi connectivity index (χ1v) is 6.54. The van der Waals surface area contributed by atoms with Crippen LogP contribution < -0.4 is 5.32 Å². The Morgan fingerprint density at radius 2 is 1.90 bits per heavy atom. The number of nitrogens with one attached hydrogen (secondary N) is 1. The standard InChI is InChI=1S/C16H17NO4/c1-10-6-4-5-7-13(10)15(18)17-9-12-8-14(11(2)21-12)16(19)20-3/h4-8H,9H2,1-3H3,(H,17,18). The summed E-state index contributed by atoms with van der Waals surface area (Å²) >= 11 is 0. The van der Waals surface area contributed by atoms with Gasteiger partial charge in [0.15, 0.2) is 0 Å². The lowest BCUT2D eigenvalue weighted by atomic mass is 10.1. The molecule has 0 radical (unpaired) electrons. The van der Waals surface area contributed by atoms with Crippen LogP contribution in [0.15, 0.2) is 34.7 Å². The summed E-state index contributed by atoms with van der Waals surface area (Å²) in [6.07, 6.45) is 0. The fourth-order valence-electron chi connectivity index (χ4n) is 2.03. The SMILES string of the molecule is COC(=O)c1cc(CNC(=O)c2ccccc2C)oc1C. The summed E-state index contributed by atoms with van der Waals surface area (Å²) in [6, 6.07) is 8.91. The Morgan fingerprint density at radius 3 is 2.57 bits per heavy atom. The second-order valence-corrected chi connectivity index (χ2v) is 4.67. The largest absolute Gasteiger partial charge is 0.465 e. The highest BCUT2D eigenvalue weighted by atomic mass is 16.5. The van der Waals surface area contributed by atoms with Crippen LogP contribution in [-0.2, 0) is 11.3 Å². The minimum absolute atomic E-state index is 0.179. The summed E-state index contributed by atoms with van der Waals surface area (Å²) in [6.45, 7) is 3.77. The topological polar surface area (TPSA) is 68.5 Å². The van der Waals surface area contributed by atoms with E-state index >= 15 is 0 Å². The molecule has 0 aliphatic carbocycles. The number of furan rings is 1. The van der Waals surface area contributed by atoms with Crippen LogP contribution in [-0.4, -0.2) is 19.0 Å². The molecule has 0 spiro atoms. The van der Waals surface area contributed by atoms with Gasteiger partial charge < -0.3 is 14.5 Å². The van der Waals surface area contributed by atoms with E-state index in [9.17, 15) is 9.59 Å². The Balaban J connectivity index is 2.05. The van der Waals surface area contributed by atoms with Gasteiger partial charge in [0.2, 0.25) is 0 Å². The molecule has 0 fully saturated rings. The van der Waals surface area contributed by atoms with Crippen LogP contribution in [0.2, 0.25) is 0 Å². The van der Waals surface area contributed by atoms with Gasteiger partial charge in [0.1, 0.15) is 17.1 Å². The fourth-order valence-corrected chi connectivity index (χ4v) is 2.03. The lowest BCUT2D eigenvalue weighted by molar-refractivity contribution is 0.0598. The summed E-state index contributed by atoms with van der Waals surface area (Å²) in [4.78, 5) is 23.6. The Labute approximate surface area is 122 Å². The quantitative estimate of drug-likeness (QED) is 0.878. The smallest absolute Gasteiger partial charge is 0.341 e. The van der Waals surface area contributed by atoms with Crippen molar-refractivity contribution in [1.82, 2.24) is 5.32 Å². The third-order valence-corrected chi connectivity index (χ3v) is 3.19. The Hall–Kier alpha value is -2.56. The molecule has 5 heteroatoms. The molecule has 1 aromatic heterocycles. The second-order valence-electron chi connectivity index (χ2n) is 4.67. The van der Waals surface area contributed by atoms with E-state index in [2.05, 4.69) is 10.1 Å². The summed E-state index contributed by atoms with van der Waals surface area (Å²) in [7, 11) is 1.31. The maximum absolute atomic E-state index is 12.1. The van der Waals surface area contributed by atoms with E-state index < -0.39 is 5.97 Å². The van der Waals surface area contributed by atoms with Crippen molar-refractivity contribution in [3.63, 3.8) is 0 Å². The van der Waals surface area contributed by atoms with Gasteiger partial charge in [-0.1, -0.05) is 18.2 Å². The van der Waals surface area contributed by atoms with Crippen molar-refractivity contribution < 1.29 is 18.7 Å². The van der Waals surface area contributed by atoms with Crippen molar-refractivity contribution in [3.8, 4) is 0 Å². The number of rotatable bonds is 4. The number of benzene rings is 1. The van der Waals surface area contributed by atoms with E-state index in [4.69, 9.17) is 4.42 Å². The Bertz CT molecular complexity index is 673. The van der Waals surface area contributed by atoms with E-state index in [-0.39, 0.29) is 12.5 Å². The van der Waals surface area contributed by atoms with Crippen molar-refractivity contribution in [1.29, 1.82) is 0 Å². The molecule has 0 unspecified atom stereocenters. The maximum atomic E-state index is 12.1. The number of aryl methyl sites for hydroxylation is 2. The minimum atomic E-state index is -0.451. The number of carbonyl (C=O) groups is 2. The van der Waals surface area contributed by atoms with E-state index in [1.165, 1.54) is 7.11 Å². The van der Waals surface area contributed by atoms with Crippen LogP contribution >= 0.6 is 0 Å². The number of esters is 1. The van der Waals surface area contributed by atoms with E-state index in [0.717, 1.165) is 5.56 Å². The van der Waals surface area contributed by atoms with Gasteiger partial charge in [-0.05, 0) is 31.5 Å². The van der Waals surface area contributed by atoms with Gasteiger partial charge in [-0.2, -0.15) is 0 Å².